The fraction of sp³-hybridized carbons (Fsp3) is 0.529. The molecule has 1 amide bonds. The maximum atomic E-state index is 12.1. The Balaban J connectivity index is 1.99. The monoisotopic (exact) mass is 337 g/mol. The largest absolute Gasteiger partial charge is 0.507 e. The van der Waals surface area contributed by atoms with Gasteiger partial charge in [-0.1, -0.05) is 0 Å². The lowest BCUT2D eigenvalue weighted by atomic mass is 9.92. The van der Waals surface area contributed by atoms with Gasteiger partial charge in [0, 0.05) is 32.4 Å². The van der Waals surface area contributed by atoms with Crippen LogP contribution in [0, 0.1) is 0 Å². The Labute approximate surface area is 140 Å². The molecule has 1 heterocycles. The molecule has 7 nitrogen and oxygen atoms in total. The minimum absolute atomic E-state index is 0.158. The number of ether oxygens (including phenoxy) is 3. The van der Waals surface area contributed by atoms with E-state index in [9.17, 15) is 14.7 Å². The van der Waals surface area contributed by atoms with Crippen LogP contribution >= 0.6 is 0 Å². The van der Waals surface area contributed by atoms with Crippen molar-refractivity contribution in [2.75, 3.05) is 26.9 Å². The Bertz CT molecular complexity index is 626. The standard InChI is InChI=1S/C17H23NO6/c1-17(2)9-13(20)16-12(19)7-11(8-14(16)24-17)23-10-15(21)18-5-4-6-22-3/h7-8,19H,4-6,9-10H2,1-3H3,(H,18,21). The van der Waals surface area contributed by atoms with Crippen LogP contribution in [0.1, 0.15) is 37.0 Å². The molecule has 0 radical (unpaired) electrons. The number of carbonyl (C=O) groups excluding carboxylic acids is 2. The van der Waals surface area contributed by atoms with E-state index in [4.69, 9.17) is 14.2 Å². The molecule has 0 atom stereocenters. The summed E-state index contributed by atoms with van der Waals surface area (Å²) >= 11 is 0. The Morgan fingerprint density at radius 2 is 2.17 bits per heavy atom. The number of nitrogens with one attached hydrogen (secondary N) is 1. The van der Waals surface area contributed by atoms with Crippen molar-refractivity contribution in [3.05, 3.63) is 17.7 Å². The van der Waals surface area contributed by atoms with Crippen LogP contribution in [0.4, 0.5) is 0 Å². The summed E-state index contributed by atoms with van der Waals surface area (Å²) in [5, 5.41) is 12.7. The first-order valence-corrected chi connectivity index (χ1v) is 7.80. The van der Waals surface area contributed by atoms with Gasteiger partial charge in [0.25, 0.3) is 5.91 Å². The van der Waals surface area contributed by atoms with Gasteiger partial charge in [0.2, 0.25) is 0 Å². The fourth-order valence-corrected chi connectivity index (χ4v) is 2.47. The SMILES string of the molecule is COCCCNC(=O)COc1cc(O)c2c(c1)OC(C)(C)CC2=O. The summed E-state index contributed by atoms with van der Waals surface area (Å²) in [6, 6.07) is 2.84. The number of methoxy groups -OCH3 is 1. The topological polar surface area (TPSA) is 94.1 Å². The Kier molecular flexibility index (Phi) is 5.66. The van der Waals surface area contributed by atoms with E-state index in [1.54, 1.807) is 21.0 Å². The number of phenolic OH excluding ortho intramolecular Hbond substituents is 1. The van der Waals surface area contributed by atoms with E-state index in [0.717, 1.165) is 0 Å². The van der Waals surface area contributed by atoms with Gasteiger partial charge in [-0.15, -0.1) is 0 Å². The van der Waals surface area contributed by atoms with Crippen LogP contribution in [0.3, 0.4) is 0 Å². The molecule has 1 aliphatic rings. The fourth-order valence-electron chi connectivity index (χ4n) is 2.47. The summed E-state index contributed by atoms with van der Waals surface area (Å²) in [4.78, 5) is 23.8. The number of phenols is 1. The average Bonchev–Trinajstić information content (AvgIpc) is 2.47. The maximum absolute atomic E-state index is 12.1. The van der Waals surface area contributed by atoms with Crippen molar-refractivity contribution in [3.8, 4) is 17.2 Å². The van der Waals surface area contributed by atoms with Crippen LogP contribution in [0.25, 0.3) is 0 Å². The summed E-state index contributed by atoms with van der Waals surface area (Å²) in [6.07, 6.45) is 0.907. The van der Waals surface area contributed by atoms with Gasteiger partial charge in [0.1, 0.15) is 28.4 Å². The molecule has 0 spiro atoms. The highest BCUT2D eigenvalue weighted by atomic mass is 16.5. The van der Waals surface area contributed by atoms with E-state index in [2.05, 4.69) is 5.32 Å². The number of Topliss-reactive ketones (excluding diaryl/α,β-unsaturated/α-hetero) is 1. The number of rotatable bonds is 7. The zero-order valence-electron chi connectivity index (χ0n) is 14.2. The van der Waals surface area contributed by atoms with Gasteiger partial charge in [-0.2, -0.15) is 0 Å². The van der Waals surface area contributed by atoms with Gasteiger partial charge in [0.15, 0.2) is 12.4 Å². The quantitative estimate of drug-likeness (QED) is 0.735. The zero-order chi connectivity index (χ0) is 17.7. The van der Waals surface area contributed by atoms with Crippen LogP contribution in [-0.4, -0.2) is 49.3 Å². The molecular weight excluding hydrogens is 314 g/mol. The molecule has 24 heavy (non-hydrogen) atoms. The van der Waals surface area contributed by atoms with Gasteiger partial charge in [-0.25, -0.2) is 0 Å². The molecule has 0 saturated heterocycles. The van der Waals surface area contributed by atoms with E-state index in [0.29, 0.717) is 19.6 Å². The number of benzene rings is 1. The summed E-state index contributed by atoms with van der Waals surface area (Å²) in [6.45, 7) is 4.47. The summed E-state index contributed by atoms with van der Waals surface area (Å²) in [7, 11) is 1.60. The van der Waals surface area contributed by atoms with Crippen molar-refractivity contribution >= 4 is 11.7 Å². The Hall–Kier alpha value is -2.28. The highest BCUT2D eigenvalue weighted by Crippen LogP contribution is 2.40. The lowest BCUT2D eigenvalue weighted by Crippen LogP contribution is -2.36. The van der Waals surface area contributed by atoms with Gasteiger partial charge >= 0.3 is 0 Å². The lowest BCUT2D eigenvalue weighted by Gasteiger charge is -2.32. The third-order valence-corrected chi connectivity index (χ3v) is 3.52. The second kappa shape index (κ2) is 7.53. The van der Waals surface area contributed by atoms with E-state index in [1.165, 1.54) is 12.1 Å². The zero-order valence-corrected chi connectivity index (χ0v) is 14.2. The average molecular weight is 337 g/mol. The van der Waals surface area contributed by atoms with Crippen LogP contribution in [-0.2, 0) is 9.53 Å². The lowest BCUT2D eigenvalue weighted by molar-refractivity contribution is -0.123. The second-order valence-corrected chi connectivity index (χ2v) is 6.26. The summed E-state index contributed by atoms with van der Waals surface area (Å²) < 4.78 is 16.0. The highest BCUT2D eigenvalue weighted by molar-refractivity contribution is 6.03. The van der Waals surface area contributed by atoms with Crippen molar-refractivity contribution < 1.29 is 28.9 Å². The third-order valence-electron chi connectivity index (χ3n) is 3.52. The van der Waals surface area contributed by atoms with Crippen LogP contribution in [0.15, 0.2) is 12.1 Å². The molecule has 2 rings (SSSR count). The minimum Gasteiger partial charge on any atom is -0.507 e. The molecule has 0 fully saturated rings. The van der Waals surface area contributed by atoms with Gasteiger partial charge in [-0.3, -0.25) is 9.59 Å². The van der Waals surface area contributed by atoms with Gasteiger partial charge < -0.3 is 24.6 Å². The van der Waals surface area contributed by atoms with E-state index < -0.39 is 5.60 Å². The molecule has 0 bridgehead atoms. The first kappa shape index (κ1) is 18.1. The molecule has 2 N–H and O–H groups in total. The first-order valence-electron chi connectivity index (χ1n) is 7.80. The predicted octanol–water partition coefficient (Wildman–Crippen LogP) is 1.67. The maximum Gasteiger partial charge on any atom is 0.257 e. The van der Waals surface area contributed by atoms with Crippen molar-refractivity contribution in [3.63, 3.8) is 0 Å². The van der Waals surface area contributed by atoms with Crippen molar-refractivity contribution in [2.24, 2.45) is 0 Å². The highest BCUT2D eigenvalue weighted by Gasteiger charge is 2.34. The summed E-state index contributed by atoms with van der Waals surface area (Å²) in [5.41, 5.74) is -0.487. The number of fused-ring (bicyclic) bond motifs is 1. The summed E-state index contributed by atoms with van der Waals surface area (Å²) in [5.74, 6) is -0.124. The van der Waals surface area contributed by atoms with Gasteiger partial charge in [0.05, 0.1) is 6.42 Å². The molecule has 0 unspecified atom stereocenters. The van der Waals surface area contributed by atoms with Crippen LogP contribution < -0.4 is 14.8 Å². The number of amides is 1. The molecule has 0 saturated carbocycles. The third kappa shape index (κ3) is 4.61. The molecule has 0 aliphatic carbocycles. The molecule has 1 aromatic rings. The molecular formula is C17H23NO6. The minimum atomic E-state index is -0.645. The normalized spacial score (nSPS) is 15.4. The molecule has 132 valence electrons. The number of aromatic hydroxyl groups is 1. The smallest absolute Gasteiger partial charge is 0.257 e. The molecule has 0 aromatic heterocycles. The predicted molar refractivity (Wildman–Crippen MR) is 86.8 cm³/mol. The molecule has 7 heteroatoms. The van der Waals surface area contributed by atoms with Gasteiger partial charge in [-0.05, 0) is 20.3 Å². The number of ketones is 1. The van der Waals surface area contributed by atoms with E-state index in [1.807, 2.05) is 0 Å². The van der Waals surface area contributed by atoms with Crippen LogP contribution in [0.5, 0.6) is 17.2 Å². The number of hydrogen-bond acceptors (Lipinski definition) is 6. The van der Waals surface area contributed by atoms with Crippen molar-refractivity contribution in [1.82, 2.24) is 5.32 Å². The van der Waals surface area contributed by atoms with Crippen LogP contribution in [0.2, 0.25) is 0 Å². The Morgan fingerprint density at radius 3 is 2.88 bits per heavy atom. The number of hydrogen-bond donors (Lipinski definition) is 2. The second-order valence-electron chi connectivity index (χ2n) is 6.26. The van der Waals surface area contributed by atoms with E-state index >= 15 is 0 Å². The van der Waals surface area contributed by atoms with E-state index in [-0.39, 0.29) is 47.5 Å². The van der Waals surface area contributed by atoms with Crippen molar-refractivity contribution in [1.29, 1.82) is 0 Å². The molecule has 1 aromatic carbocycles. The number of carbonyl (C=O) groups is 2. The Morgan fingerprint density at radius 1 is 1.42 bits per heavy atom. The molecule has 1 aliphatic heterocycles. The van der Waals surface area contributed by atoms with Crippen molar-refractivity contribution in [2.45, 2.75) is 32.3 Å². The first-order chi connectivity index (χ1) is 11.3.